The third kappa shape index (κ3) is 4.88. The van der Waals surface area contributed by atoms with E-state index in [0.717, 1.165) is 30.0 Å². The van der Waals surface area contributed by atoms with E-state index in [1.807, 2.05) is 32.9 Å². The number of pyridine rings is 1. The van der Waals surface area contributed by atoms with Crippen molar-refractivity contribution in [2.24, 2.45) is 5.73 Å². The van der Waals surface area contributed by atoms with Gasteiger partial charge in [-0.25, -0.2) is 0 Å². The third-order valence-corrected chi connectivity index (χ3v) is 2.25. The SMILES string of the molecule is CC#CCCOc1ccc(C)nc1CC(C)N. The first-order valence-electron chi connectivity index (χ1n) is 5.88. The zero-order chi connectivity index (χ0) is 12.7. The van der Waals surface area contributed by atoms with Gasteiger partial charge < -0.3 is 10.5 Å². The molecule has 0 amide bonds. The van der Waals surface area contributed by atoms with Crippen LogP contribution in [0.15, 0.2) is 12.1 Å². The summed E-state index contributed by atoms with van der Waals surface area (Å²) < 4.78 is 5.67. The van der Waals surface area contributed by atoms with Crippen LogP contribution in [0.5, 0.6) is 5.75 Å². The molecule has 2 N–H and O–H groups in total. The van der Waals surface area contributed by atoms with Crippen LogP contribution in [-0.4, -0.2) is 17.6 Å². The lowest BCUT2D eigenvalue weighted by Crippen LogP contribution is -2.19. The quantitative estimate of drug-likeness (QED) is 0.624. The van der Waals surface area contributed by atoms with Crippen molar-refractivity contribution in [1.82, 2.24) is 4.98 Å². The largest absolute Gasteiger partial charge is 0.491 e. The van der Waals surface area contributed by atoms with Gasteiger partial charge in [-0.05, 0) is 32.9 Å². The lowest BCUT2D eigenvalue weighted by molar-refractivity contribution is 0.321. The summed E-state index contributed by atoms with van der Waals surface area (Å²) in [5.41, 5.74) is 7.72. The maximum absolute atomic E-state index is 5.80. The first-order valence-corrected chi connectivity index (χ1v) is 5.88. The molecule has 1 unspecified atom stereocenters. The molecule has 0 aromatic carbocycles. The molecule has 0 saturated carbocycles. The minimum atomic E-state index is 0.0853. The zero-order valence-electron chi connectivity index (χ0n) is 10.8. The van der Waals surface area contributed by atoms with Gasteiger partial charge in [-0.2, -0.15) is 0 Å². The Morgan fingerprint density at radius 1 is 1.47 bits per heavy atom. The predicted molar refractivity (Wildman–Crippen MR) is 69.9 cm³/mol. The van der Waals surface area contributed by atoms with Gasteiger partial charge in [0.2, 0.25) is 0 Å². The molecule has 0 saturated heterocycles. The average Bonchev–Trinajstić information content (AvgIpc) is 2.26. The fraction of sp³-hybridized carbons (Fsp3) is 0.500. The Kier molecular flexibility index (Phi) is 5.51. The van der Waals surface area contributed by atoms with Gasteiger partial charge in [0.25, 0.3) is 0 Å². The lowest BCUT2D eigenvalue weighted by Gasteiger charge is -2.12. The fourth-order valence-electron chi connectivity index (χ4n) is 1.52. The van der Waals surface area contributed by atoms with E-state index in [4.69, 9.17) is 10.5 Å². The monoisotopic (exact) mass is 232 g/mol. The van der Waals surface area contributed by atoms with Gasteiger partial charge in [-0.3, -0.25) is 4.98 Å². The summed E-state index contributed by atoms with van der Waals surface area (Å²) in [6.45, 7) is 6.36. The second kappa shape index (κ2) is 6.93. The summed E-state index contributed by atoms with van der Waals surface area (Å²) in [4.78, 5) is 4.47. The van der Waals surface area contributed by atoms with Gasteiger partial charge in [0, 0.05) is 24.6 Å². The second-order valence-electron chi connectivity index (χ2n) is 4.10. The van der Waals surface area contributed by atoms with Crippen molar-refractivity contribution >= 4 is 0 Å². The molecule has 92 valence electrons. The number of ether oxygens (including phenoxy) is 1. The van der Waals surface area contributed by atoms with Crippen molar-refractivity contribution in [3.63, 3.8) is 0 Å². The van der Waals surface area contributed by atoms with Crippen LogP contribution in [0.2, 0.25) is 0 Å². The van der Waals surface area contributed by atoms with Crippen LogP contribution in [0.3, 0.4) is 0 Å². The summed E-state index contributed by atoms with van der Waals surface area (Å²) in [5, 5.41) is 0. The molecule has 0 radical (unpaired) electrons. The summed E-state index contributed by atoms with van der Waals surface area (Å²) in [6.07, 6.45) is 1.47. The van der Waals surface area contributed by atoms with Gasteiger partial charge in [0.15, 0.2) is 0 Å². The highest BCUT2D eigenvalue weighted by Gasteiger charge is 2.08. The Bertz CT molecular complexity index is 416. The lowest BCUT2D eigenvalue weighted by atomic mass is 10.1. The summed E-state index contributed by atoms with van der Waals surface area (Å²) in [7, 11) is 0. The predicted octanol–water partition coefficient (Wildman–Crippen LogP) is 2.07. The maximum atomic E-state index is 5.80. The standard InChI is InChI=1S/C14H20N2O/c1-4-5-6-9-17-14-8-7-12(3)16-13(14)10-11(2)15/h7-8,11H,6,9-10,15H2,1-3H3. The van der Waals surface area contributed by atoms with Crippen LogP contribution in [0.25, 0.3) is 0 Å². The number of aryl methyl sites for hydroxylation is 1. The molecule has 3 heteroatoms. The number of hydrogen-bond donors (Lipinski definition) is 1. The normalized spacial score (nSPS) is 11.5. The number of nitrogens with zero attached hydrogens (tertiary/aromatic N) is 1. The van der Waals surface area contributed by atoms with Crippen molar-refractivity contribution in [2.75, 3.05) is 6.61 Å². The van der Waals surface area contributed by atoms with Crippen LogP contribution in [0, 0.1) is 18.8 Å². The minimum Gasteiger partial charge on any atom is -0.491 e. The Hall–Kier alpha value is -1.53. The van der Waals surface area contributed by atoms with Crippen LogP contribution in [0.1, 0.15) is 31.7 Å². The topological polar surface area (TPSA) is 48.1 Å². The second-order valence-corrected chi connectivity index (χ2v) is 4.10. The van der Waals surface area contributed by atoms with E-state index < -0.39 is 0 Å². The van der Waals surface area contributed by atoms with Crippen LogP contribution >= 0.6 is 0 Å². The van der Waals surface area contributed by atoms with Crippen molar-refractivity contribution in [2.45, 2.75) is 39.7 Å². The van der Waals surface area contributed by atoms with Crippen LogP contribution < -0.4 is 10.5 Å². The summed E-state index contributed by atoms with van der Waals surface area (Å²) >= 11 is 0. The van der Waals surface area contributed by atoms with E-state index in [9.17, 15) is 0 Å². The molecule has 3 nitrogen and oxygen atoms in total. The number of rotatable bonds is 5. The Morgan fingerprint density at radius 3 is 2.88 bits per heavy atom. The molecule has 0 aliphatic heterocycles. The molecule has 1 heterocycles. The number of hydrogen-bond acceptors (Lipinski definition) is 3. The molecular weight excluding hydrogens is 212 g/mol. The van der Waals surface area contributed by atoms with Gasteiger partial charge in [-0.15, -0.1) is 11.8 Å². The molecule has 17 heavy (non-hydrogen) atoms. The van der Waals surface area contributed by atoms with Crippen molar-refractivity contribution in [3.05, 3.63) is 23.5 Å². The molecule has 1 rings (SSSR count). The molecule has 0 bridgehead atoms. The summed E-state index contributed by atoms with van der Waals surface area (Å²) in [5.74, 6) is 6.64. The van der Waals surface area contributed by atoms with Crippen molar-refractivity contribution in [1.29, 1.82) is 0 Å². The Morgan fingerprint density at radius 2 is 2.24 bits per heavy atom. The highest BCUT2D eigenvalue weighted by atomic mass is 16.5. The molecule has 1 atom stereocenters. The average molecular weight is 232 g/mol. The minimum absolute atomic E-state index is 0.0853. The number of nitrogens with two attached hydrogens (primary N) is 1. The highest BCUT2D eigenvalue weighted by molar-refractivity contribution is 5.30. The molecule has 0 spiro atoms. The number of aromatic nitrogens is 1. The van der Waals surface area contributed by atoms with Gasteiger partial charge in [0.05, 0.1) is 12.3 Å². The molecule has 0 aliphatic carbocycles. The van der Waals surface area contributed by atoms with Gasteiger partial charge >= 0.3 is 0 Å². The molecule has 0 aliphatic rings. The Balaban J connectivity index is 2.70. The zero-order valence-corrected chi connectivity index (χ0v) is 10.8. The van der Waals surface area contributed by atoms with Gasteiger partial charge in [-0.1, -0.05) is 0 Å². The van der Waals surface area contributed by atoms with E-state index in [1.165, 1.54) is 0 Å². The first-order chi connectivity index (χ1) is 8.13. The fourth-order valence-corrected chi connectivity index (χ4v) is 1.52. The van der Waals surface area contributed by atoms with E-state index >= 15 is 0 Å². The Labute approximate surface area is 103 Å². The first kappa shape index (κ1) is 13.5. The molecular formula is C14H20N2O. The molecule has 1 aromatic rings. The molecule has 0 fully saturated rings. The maximum Gasteiger partial charge on any atom is 0.140 e. The van der Waals surface area contributed by atoms with E-state index in [-0.39, 0.29) is 6.04 Å². The molecule has 1 aromatic heterocycles. The van der Waals surface area contributed by atoms with Crippen LogP contribution in [0.4, 0.5) is 0 Å². The highest BCUT2D eigenvalue weighted by Crippen LogP contribution is 2.18. The third-order valence-electron chi connectivity index (χ3n) is 2.25. The van der Waals surface area contributed by atoms with E-state index in [0.29, 0.717) is 6.61 Å². The summed E-state index contributed by atoms with van der Waals surface area (Å²) in [6, 6.07) is 3.99. The van der Waals surface area contributed by atoms with Crippen molar-refractivity contribution < 1.29 is 4.74 Å². The van der Waals surface area contributed by atoms with E-state index in [1.54, 1.807) is 0 Å². The van der Waals surface area contributed by atoms with E-state index in [2.05, 4.69) is 16.8 Å². The van der Waals surface area contributed by atoms with Gasteiger partial charge in [0.1, 0.15) is 5.75 Å². The van der Waals surface area contributed by atoms with Crippen LogP contribution in [-0.2, 0) is 6.42 Å². The van der Waals surface area contributed by atoms with Crippen molar-refractivity contribution in [3.8, 4) is 17.6 Å². The smallest absolute Gasteiger partial charge is 0.140 e.